The Bertz CT molecular complexity index is 459. The Labute approximate surface area is 128 Å². The first-order valence-electron chi connectivity index (χ1n) is 8.30. The molecule has 1 aliphatic heterocycles. The van der Waals surface area contributed by atoms with Crippen molar-refractivity contribution in [1.29, 1.82) is 0 Å². The molecule has 1 saturated heterocycles. The van der Waals surface area contributed by atoms with Crippen LogP contribution in [0, 0.1) is 11.7 Å². The molecule has 2 atom stereocenters. The first-order chi connectivity index (χ1) is 10.0. The van der Waals surface area contributed by atoms with Gasteiger partial charge in [0.15, 0.2) is 0 Å². The summed E-state index contributed by atoms with van der Waals surface area (Å²) in [5.74, 6) is 0.538. The molecular formula is C18H29FN2. The Hall–Kier alpha value is -1.09. The van der Waals surface area contributed by atoms with Crippen LogP contribution in [0.3, 0.4) is 0 Å². The second kappa shape index (κ2) is 7.26. The normalized spacial score (nSPS) is 22.3. The maximum Gasteiger partial charge on any atom is 0.146 e. The molecule has 0 spiro atoms. The molecular weight excluding hydrogens is 263 g/mol. The van der Waals surface area contributed by atoms with E-state index in [1.54, 1.807) is 6.07 Å². The molecule has 118 valence electrons. The molecule has 0 radical (unpaired) electrons. The summed E-state index contributed by atoms with van der Waals surface area (Å²) in [7, 11) is 0. The van der Waals surface area contributed by atoms with Gasteiger partial charge in [-0.2, -0.15) is 0 Å². The first-order valence-corrected chi connectivity index (χ1v) is 8.30. The molecule has 1 heterocycles. The van der Waals surface area contributed by atoms with Crippen LogP contribution in [0.5, 0.6) is 0 Å². The quantitative estimate of drug-likeness (QED) is 0.839. The van der Waals surface area contributed by atoms with E-state index in [1.165, 1.54) is 6.42 Å². The Morgan fingerprint density at radius 3 is 2.71 bits per heavy atom. The Balaban J connectivity index is 2.08. The molecule has 1 aromatic rings. The predicted molar refractivity (Wildman–Crippen MR) is 88.2 cm³/mol. The molecule has 2 rings (SSSR count). The predicted octanol–water partition coefficient (Wildman–Crippen LogP) is 4.34. The topological polar surface area (TPSA) is 15.3 Å². The zero-order valence-corrected chi connectivity index (χ0v) is 13.8. The summed E-state index contributed by atoms with van der Waals surface area (Å²) in [6.45, 7) is 10.4. The third kappa shape index (κ3) is 3.97. The molecule has 1 fully saturated rings. The molecule has 1 N–H and O–H groups in total. The fraction of sp³-hybridized carbons (Fsp3) is 0.667. The van der Waals surface area contributed by atoms with Gasteiger partial charge in [0.2, 0.25) is 0 Å². The Kier molecular flexibility index (Phi) is 5.63. The number of rotatable bonds is 6. The zero-order valence-electron chi connectivity index (χ0n) is 13.8. The molecule has 0 saturated carbocycles. The van der Waals surface area contributed by atoms with Gasteiger partial charge in [0.05, 0.1) is 5.69 Å². The lowest BCUT2D eigenvalue weighted by Crippen LogP contribution is -2.34. The number of nitrogens with zero attached hydrogens (tertiary/aromatic N) is 1. The highest BCUT2D eigenvalue weighted by Gasteiger charge is 2.30. The van der Waals surface area contributed by atoms with Crippen molar-refractivity contribution < 1.29 is 4.39 Å². The van der Waals surface area contributed by atoms with Crippen molar-refractivity contribution in [1.82, 2.24) is 5.32 Å². The van der Waals surface area contributed by atoms with E-state index in [-0.39, 0.29) is 5.82 Å². The van der Waals surface area contributed by atoms with E-state index >= 15 is 0 Å². The average Bonchev–Trinajstić information content (AvgIpc) is 2.80. The van der Waals surface area contributed by atoms with Gasteiger partial charge in [-0.3, -0.25) is 0 Å². The number of benzene rings is 1. The van der Waals surface area contributed by atoms with Crippen LogP contribution in [0.15, 0.2) is 18.2 Å². The maximum absolute atomic E-state index is 14.5. The zero-order chi connectivity index (χ0) is 15.4. The highest BCUT2D eigenvalue weighted by atomic mass is 19.1. The fourth-order valence-corrected chi connectivity index (χ4v) is 3.28. The van der Waals surface area contributed by atoms with Crippen LogP contribution < -0.4 is 10.2 Å². The Morgan fingerprint density at radius 1 is 1.33 bits per heavy atom. The van der Waals surface area contributed by atoms with Crippen LogP contribution in [0.25, 0.3) is 0 Å². The van der Waals surface area contributed by atoms with Crippen molar-refractivity contribution in [3.05, 3.63) is 29.6 Å². The van der Waals surface area contributed by atoms with E-state index in [0.717, 1.165) is 37.2 Å². The highest BCUT2D eigenvalue weighted by Crippen LogP contribution is 2.33. The van der Waals surface area contributed by atoms with Crippen LogP contribution in [0.2, 0.25) is 0 Å². The van der Waals surface area contributed by atoms with E-state index < -0.39 is 0 Å². The van der Waals surface area contributed by atoms with Crippen LogP contribution in [0.4, 0.5) is 10.1 Å². The summed E-state index contributed by atoms with van der Waals surface area (Å²) in [5, 5.41) is 3.37. The molecule has 2 nitrogen and oxygen atoms in total. The van der Waals surface area contributed by atoms with Crippen LogP contribution in [0.1, 0.15) is 52.5 Å². The van der Waals surface area contributed by atoms with Gasteiger partial charge in [0.25, 0.3) is 0 Å². The monoisotopic (exact) mass is 292 g/mol. The number of halogens is 1. The van der Waals surface area contributed by atoms with Crippen molar-refractivity contribution >= 4 is 5.69 Å². The van der Waals surface area contributed by atoms with Crippen molar-refractivity contribution in [3.63, 3.8) is 0 Å². The van der Waals surface area contributed by atoms with Gasteiger partial charge in [-0.05, 0) is 56.3 Å². The molecule has 1 aliphatic rings. The number of hydrogen-bond donors (Lipinski definition) is 1. The number of anilines is 1. The lowest BCUT2D eigenvalue weighted by molar-refractivity contribution is 0.548. The number of hydrogen-bond acceptors (Lipinski definition) is 2. The minimum absolute atomic E-state index is 0.0777. The summed E-state index contributed by atoms with van der Waals surface area (Å²) in [6, 6.07) is 6.64. The average molecular weight is 292 g/mol. The van der Waals surface area contributed by atoms with E-state index in [2.05, 4.69) is 44.0 Å². The highest BCUT2D eigenvalue weighted by molar-refractivity contribution is 5.52. The van der Waals surface area contributed by atoms with Crippen molar-refractivity contribution in [2.45, 2.75) is 65.6 Å². The maximum atomic E-state index is 14.5. The standard InChI is InChI=1S/C18H29FN2/c1-5-16-8-6-14(4)21(16)18-9-7-15(10-17(18)19)12-20-11-13(2)3/h7,9-10,13-14,16,20H,5-6,8,11-12H2,1-4H3. The third-order valence-electron chi connectivity index (χ3n) is 4.43. The second-order valence-corrected chi connectivity index (χ2v) is 6.71. The molecule has 21 heavy (non-hydrogen) atoms. The second-order valence-electron chi connectivity index (χ2n) is 6.71. The van der Waals surface area contributed by atoms with Gasteiger partial charge in [0, 0.05) is 18.6 Å². The smallest absolute Gasteiger partial charge is 0.146 e. The molecule has 0 aromatic heterocycles. The molecule has 0 aliphatic carbocycles. The molecule has 0 bridgehead atoms. The van der Waals surface area contributed by atoms with Crippen molar-refractivity contribution in [3.8, 4) is 0 Å². The SMILES string of the molecule is CCC1CCC(C)N1c1ccc(CNCC(C)C)cc1F. The third-order valence-corrected chi connectivity index (χ3v) is 4.43. The van der Waals surface area contributed by atoms with Crippen LogP contribution >= 0.6 is 0 Å². The summed E-state index contributed by atoms with van der Waals surface area (Å²) in [4.78, 5) is 2.28. The van der Waals surface area contributed by atoms with E-state index in [4.69, 9.17) is 0 Å². The summed E-state index contributed by atoms with van der Waals surface area (Å²) in [5.41, 5.74) is 1.80. The van der Waals surface area contributed by atoms with Crippen molar-refractivity contribution in [2.75, 3.05) is 11.4 Å². The van der Waals surface area contributed by atoms with Gasteiger partial charge < -0.3 is 10.2 Å². The molecule has 0 amide bonds. The van der Waals surface area contributed by atoms with Crippen LogP contribution in [-0.4, -0.2) is 18.6 Å². The van der Waals surface area contributed by atoms with Gasteiger partial charge in [-0.1, -0.05) is 26.8 Å². The molecule has 1 aromatic carbocycles. The Morgan fingerprint density at radius 2 is 2.10 bits per heavy atom. The van der Waals surface area contributed by atoms with Gasteiger partial charge in [-0.15, -0.1) is 0 Å². The number of nitrogens with one attached hydrogen (secondary N) is 1. The van der Waals surface area contributed by atoms with E-state index in [0.29, 0.717) is 18.0 Å². The van der Waals surface area contributed by atoms with E-state index in [9.17, 15) is 4.39 Å². The van der Waals surface area contributed by atoms with E-state index in [1.807, 2.05) is 6.07 Å². The fourth-order valence-electron chi connectivity index (χ4n) is 3.28. The first kappa shape index (κ1) is 16.3. The summed E-state index contributed by atoms with van der Waals surface area (Å²) < 4.78 is 14.5. The van der Waals surface area contributed by atoms with Crippen molar-refractivity contribution in [2.24, 2.45) is 5.92 Å². The minimum Gasteiger partial charge on any atom is -0.363 e. The summed E-state index contributed by atoms with van der Waals surface area (Å²) in [6.07, 6.45) is 3.42. The summed E-state index contributed by atoms with van der Waals surface area (Å²) >= 11 is 0. The molecule has 2 unspecified atom stereocenters. The van der Waals surface area contributed by atoms with Crippen LogP contribution in [-0.2, 0) is 6.54 Å². The lowest BCUT2D eigenvalue weighted by atomic mass is 10.1. The van der Waals surface area contributed by atoms with Gasteiger partial charge in [-0.25, -0.2) is 4.39 Å². The lowest BCUT2D eigenvalue weighted by Gasteiger charge is -2.30. The largest absolute Gasteiger partial charge is 0.363 e. The van der Waals surface area contributed by atoms with Gasteiger partial charge in [0.1, 0.15) is 5.82 Å². The molecule has 3 heteroatoms. The minimum atomic E-state index is -0.0777. The van der Waals surface area contributed by atoms with Gasteiger partial charge >= 0.3 is 0 Å².